The van der Waals surface area contributed by atoms with E-state index in [1.165, 1.54) is 26.5 Å². The van der Waals surface area contributed by atoms with Crippen LogP contribution in [0.1, 0.15) is 23.8 Å². The fraction of sp³-hybridized carbons (Fsp3) is 0.389. The molecule has 1 aromatic heterocycles. The van der Waals surface area contributed by atoms with E-state index in [0.29, 0.717) is 42.5 Å². The van der Waals surface area contributed by atoms with E-state index in [1.807, 2.05) is 6.92 Å². The van der Waals surface area contributed by atoms with E-state index >= 15 is 0 Å². The number of aromatic nitrogens is 1. The molecule has 0 aliphatic carbocycles. The first-order chi connectivity index (χ1) is 12.9. The number of anilines is 1. The maximum Gasteiger partial charge on any atom is 0.270 e. The van der Waals surface area contributed by atoms with Crippen molar-refractivity contribution in [2.24, 2.45) is 0 Å². The average molecular weight is 393 g/mol. The van der Waals surface area contributed by atoms with Crippen LogP contribution in [0.5, 0.6) is 11.5 Å². The number of hydrogen-bond acceptors (Lipinski definition) is 5. The molecule has 146 valence electrons. The Balaban J connectivity index is 1.93. The smallest absolute Gasteiger partial charge is 0.270 e. The lowest BCUT2D eigenvalue weighted by molar-refractivity contribution is 0.0766. The standard InChI is InChI=1S/C18H23N3O5S/c1-4-20-6-5-7-21-12-16(11-17(21)18(20)22)27(23,24)19-13-8-14(25-2)10-15(9-13)26-3/h8-12,19H,4-7H2,1-3H3. The number of nitrogens with one attached hydrogen (secondary N) is 1. The quantitative estimate of drug-likeness (QED) is 0.812. The van der Waals surface area contributed by atoms with Gasteiger partial charge in [0.25, 0.3) is 15.9 Å². The van der Waals surface area contributed by atoms with Crippen LogP contribution in [0.25, 0.3) is 0 Å². The molecular weight excluding hydrogens is 370 g/mol. The summed E-state index contributed by atoms with van der Waals surface area (Å²) < 4.78 is 40.2. The molecule has 3 rings (SSSR count). The van der Waals surface area contributed by atoms with Gasteiger partial charge in [0, 0.05) is 44.0 Å². The Morgan fingerprint density at radius 3 is 2.33 bits per heavy atom. The zero-order valence-electron chi connectivity index (χ0n) is 15.6. The van der Waals surface area contributed by atoms with Gasteiger partial charge in [-0.2, -0.15) is 0 Å². The molecule has 1 aromatic carbocycles. The summed E-state index contributed by atoms with van der Waals surface area (Å²) >= 11 is 0. The Bertz CT molecular complexity index is 930. The van der Waals surface area contributed by atoms with E-state index in [0.717, 1.165) is 6.42 Å². The molecule has 1 N–H and O–H groups in total. The molecular formula is C18H23N3O5S. The first kappa shape index (κ1) is 19.1. The lowest BCUT2D eigenvalue weighted by Gasteiger charge is -2.17. The van der Waals surface area contributed by atoms with E-state index in [2.05, 4.69) is 4.72 Å². The summed E-state index contributed by atoms with van der Waals surface area (Å²) in [6.07, 6.45) is 2.29. The van der Waals surface area contributed by atoms with Crippen LogP contribution in [-0.4, -0.2) is 51.1 Å². The van der Waals surface area contributed by atoms with Crippen molar-refractivity contribution in [3.63, 3.8) is 0 Å². The number of amides is 1. The molecule has 0 fully saturated rings. The molecule has 1 aliphatic rings. The number of nitrogens with zero attached hydrogens (tertiary/aromatic N) is 2. The summed E-state index contributed by atoms with van der Waals surface area (Å²) in [6.45, 7) is 3.76. The summed E-state index contributed by atoms with van der Waals surface area (Å²) in [5.74, 6) is 0.779. The fourth-order valence-electron chi connectivity index (χ4n) is 3.07. The molecule has 27 heavy (non-hydrogen) atoms. The van der Waals surface area contributed by atoms with E-state index in [1.54, 1.807) is 27.7 Å². The summed E-state index contributed by atoms with van der Waals surface area (Å²) in [5.41, 5.74) is 0.701. The molecule has 9 heteroatoms. The van der Waals surface area contributed by atoms with Crippen LogP contribution in [0.4, 0.5) is 5.69 Å². The van der Waals surface area contributed by atoms with Gasteiger partial charge in [0.15, 0.2) is 0 Å². The van der Waals surface area contributed by atoms with Crippen molar-refractivity contribution in [3.8, 4) is 11.5 Å². The van der Waals surface area contributed by atoms with Crippen molar-refractivity contribution in [2.75, 3.05) is 32.0 Å². The highest BCUT2D eigenvalue weighted by Gasteiger charge is 2.26. The number of benzene rings is 1. The third-order valence-electron chi connectivity index (χ3n) is 4.50. The molecule has 0 bridgehead atoms. The van der Waals surface area contributed by atoms with Crippen molar-refractivity contribution in [1.82, 2.24) is 9.47 Å². The van der Waals surface area contributed by atoms with Crippen molar-refractivity contribution in [2.45, 2.75) is 24.8 Å². The second-order valence-corrected chi connectivity index (χ2v) is 7.88. The average Bonchev–Trinajstić information content (AvgIpc) is 3.03. The maximum absolute atomic E-state index is 12.8. The van der Waals surface area contributed by atoms with Gasteiger partial charge in [0.2, 0.25) is 0 Å². The van der Waals surface area contributed by atoms with Gasteiger partial charge >= 0.3 is 0 Å². The lowest BCUT2D eigenvalue weighted by atomic mass is 10.3. The molecule has 1 aliphatic heterocycles. The van der Waals surface area contributed by atoms with Crippen LogP contribution in [-0.2, 0) is 16.6 Å². The number of methoxy groups -OCH3 is 2. The number of sulfonamides is 1. The molecule has 8 nitrogen and oxygen atoms in total. The second kappa shape index (κ2) is 7.51. The highest BCUT2D eigenvalue weighted by Crippen LogP contribution is 2.28. The molecule has 0 atom stereocenters. The summed E-state index contributed by atoms with van der Waals surface area (Å²) in [5, 5.41) is 0. The SMILES string of the molecule is CCN1CCCn2cc(S(=O)(=O)Nc3cc(OC)cc(OC)c3)cc2C1=O. The molecule has 0 saturated heterocycles. The van der Waals surface area contributed by atoms with Gasteiger partial charge in [0.05, 0.1) is 19.9 Å². The second-order valence-electron chi connectivity index (χ2n) is 6.20. The van der Waals surface area contributed by atoms with Gasteiger partial charge in [-0.15, -0.1) is 0 Å². The molecule has 0 unspecified atom stereocenters. The number of fused-ring (bicyclic) bond motifs is 1. The minimum absolute atomic E-state index is 0.0468. The summed E-state index contributed by atoms with van der Waals surface area (Å²) in [7, 11) is -0.891. The number of carbonyl (C=O) groups is 1. The Morgan fingerprint density at radius 1 is 1.07 bits per heavy atom. The third kappa shape index (κ3) is 3.87. The van der Waals surface area contributed by atoms with Crippen molar-refractivity contribution >= 4 is 21.6 Å². The van der Waals surface area contributed by atoms with Crippen LogP contribution in [0.3, 0.4) is 0 Å². The summed E-state index contributed by atoms with van der Waals surface area (Å²) in [6, 6.07) is 6.20. The highest BCUT2D eigenvalue weighted by atomic mass is 32.2. The molecule has 2 aromatic rings. The van der Waals surface area contributed by atoms with E-state index in [9.17, 15) is 13.2 Å². The third-order valence-corrected chi connectivity index (χ3v) is 5.85. The van der Waals surface area contributed by atoms with Gasteiger partial charge in [-0.3, -0.25) is 9.52 Å². The predicted molar refractivity (Wildman–Crippen MR) is 101 cm³/mol. The van der Waals surface area contributed by atoms with Crippen molar-refractivity contribution < 1.29 is 22.7 Å². The van der Waals surface area contributed by atoms with Crippen LogP contribution >= 0.6 is 0 Å². The van der Waals surface area contributed by atoms with Crippen molar-refractivity contribution in [1.29, 1.82) is 0 Å². The van der Waals surface area contributed by atoms with Crippen LogP contribution < -0.4 is 14.2 Å². The Kier molecular flexibility index (Phi) is 5.31. The van der Waals surface area contributed by atoms with Gasteiger partial charge in [0.1, 0.15) is 22.1 Å². The van der Waals surface area contributed by atoms with Gasteiger partial charge in [-0.1, -0.05) is 0 Å². The first-order valence-corrected chi connectivity index (χ1v) is 10.1. The van der Waals surface area contributed by atoms with Gasteiger partial charge in [-0.05, 0) is 19.4 Å². The highest BCUT2D eigenvalue weighted by molar-refractivity contribution is 7.92. The van der Waals surface area contributed by atoms with Gasteiger partial charge < -0.3 is 18.9 Å². The first-order valence-electron chi connectivity index (χ1n) is 8.63. The Morgan fingerprint density at radius 2 is 1.74 bits per heavy atom. The zero-order valence-corrected chi connectivity index (χ0v) is 16.4. The van der Waals surface area contributed by atoms with Crippen LogP contribution in [0.2, 0.25) is 0 Å². The minimum atomic E-state index is -3.87. The number of hydrogen-bond donors (Lipinski definition) is 1. The lowest BCUT2D eigenvalue weighted by Crippen LogP contribution is -2.30. The number of aryl methyl sites for hydroxylation is 1. The topological polar surface area (TPSA) is 89.9 Å². The zero-order chi connectivity index (χ0) is 19.6. The van der Waals surface area contributed by atoms with E-state index in [4.69, 9.17) is 9.47 Å². The van der Waals surface area contributed by atoms with E-state index < -0.39 is 10.0 Å². The van der Waals surface area contributed by atoms with E-state index in [-0.39, 0.29) is 10.8 Å². The largest absolute Gasteiger partial charge is 0.497 e. The van der Waals surface area contributed by atoms with Crippen LogP contribution in [0.15, 0.2) is 35.4 Å². The Labute approximate surface area is 158 Å². The Hall–Kier alpha value is -2.68. The molecule has 0 spiro atoms. The minimum Gasteiger partial charge on any atom is -0.497 e. The maximum atomic E-state index is 12.8. The molecule has 2 heterocycles. The number of rotatable bonds is 6. The summed E-state index contributed by atoms with van der Waals surface area (Å²) in [4.78, 5) is 14.4. The monoisotopic (exact) mass is 393 g/mol. The molecule has 0 saturated carbocycles. The predicted octanol–water partition coefficient (Wildman–Crippen LogP) is 2.17. The van der Waals surface area contributed by atoms with Gasteiger partial charge in [-0.25, -0.2) is 8.42 Å². The molecule has 1 amide bonds. The number of carbonyl (C=O) groups excluding carboxylic acids is 1. The number of ether oxygens (including phenoxy) is 2. The van der Waals surface area contributed by atoms with Crippen LogP contribution in [0, 0.1) is 0 Å². The fourth-order valence-corrected chi connectivity index (χ4v) is 4.15. The van der Waals surface area contributed by atoms with Crippen molar-refractivity contribution in [3.05, 3.63) is 36.2 Å². The normalized spacial score (nSPS) is 14.5. The molecule has 0 radical (unpaired) electrons.